The smallest absolute Gasteiger partial charge is 0.119 e. The lowest BCUT2D eigenvalue weighted by Crippen LogP contribution is -2.17. The van der Waals surface area contributed by atoms with Crippen LogP contribution in [0.5, 0.6) is 5.75 Å². The highest BCUT2D eigenvalue weighted by Gasteiger charge is 2.12. The van der Waals surface area contributed by atoms with Gasteiger partial charge in [0.15, 0.2) is 0 Å². The van der Waals surface area contributed by atoms with Crippen LogP contribution in [0.2, 0.25) is 0 Å². The predicted molar refractivity (Wildman–Crippen MR) is 239 cm³/mol. The highest BCUT2D eigenvalue weighted by Crippen LogP contribution is 2.33. The quantitative estimate of drug-likeness (QED) is 0.0441. The predicted octanol–water partition coefficient (Wildman–Crippen LogP) is 5.88. The number of hydrogen-bond donors (Lipinski definition) is 0. The Morgan fingerprint density at radius 2 is 0.820 bits per heavy atom. The molecule has 2 aromatic rings. The van der Waals surface area contributed by atoms with Crippen LogP contribution in [0.15, 0.2) is 54.6 Å². The van der Waals surface area contributed by atoms with E-state index in [1.165, 1.54) is 50.5 Å². The van der Waals surface area contributed by atoms with Crippen molar-refractivity contribution in [3.63, 3.8) is 0 Å². The molecule has 0 saturated carbocycles. The number of unbranched alkanes of at least 4 members (excludes halogenated alkanes) is 6. The fourth-order valence-corrected chi connectivity index (χ4v) is 9.20. The van der Waals surface area contributed by atoms with Crippen molar-refractivity contribution in [2.45, 2.75) is 58.3 Å². The van der Waals surface area contributed by atoms with Crippen LogP contribution in [0.3, 0.4) is 0 Å². The first-order chi connectivity index (χ1) is 30.0. The van der Waals surface area contributed by atoms with Gasteiger partial charge < -0.3 is 56.7 Å². The molecule has 1 unspecified atom stereocenters. The van der Waals surface area contributed by atoms with Crippen molar-refractivity contribution in [3.8, 4) is 5.75 Å². The molecule has 352 valence electrons. The van der Waals surface area contributed by atoms with Gasteiger partial charge in [0.05, 0.1) is 142 Å². The average molecular weight is 904 g/mol. The zero-order valence-electron chi connectivity index (χ0n) is 36.9. The molecule has 0 spiro atoms. The van der Waals surface area contributed by atoms with Gasteiger partial charge in [-0.1, -0.05) is 95.8 Å². The Hall–Kier alpha value is -1.82. The summed E-state index contributed by atoms with van der Waals surface area (Å²) in [7, 11) is -5.02. The summed E-state index contributed by atoms with van der Waals surface area (Å²) in [6.07, 6.45) is 11.5. The fourth-order valence-electron chi connectivity index (χ4n) is 5.74. The van der Waals surface area contributed by atoms with Crippen LogP contribution in [-0.2, 0) is 63.9 Å². The van der Waals surface area contributed by atoms with Crippen molar-refractivity contribution in [3.05, 3.63) is 60.2 Å². The minimum Gasteiger partial charge on any atom is -0.748 e. The molecule has 0 saturated heterocycles. The Morgan fingerprint density at radius 3 is 1.23 bits per heavy atom. The Morgan fingerprint density at radius 1 is 0.443 bits per heavy atom. The summed E-state index contributed by atoms with van der Waals surface area (Å²) in [6, 6.07) is 18.1. The summed E-state index contributed by atoms with van der Waals surface area (Å²) < 4.78 is 94.5. The van der Waals surface area contributed by atoms with Crippen LogP contribution in [0.1, 0.15) is 57.4 Å². The van der Waals surface area contributed by atoms with E-state index in [1.54, 1.807) is 0 Å². The zero-order valence-corrected chi connectivity index (χ0v) is 38.6. The van der Waals surface area contributed by atoms with Gasteiger partial charge in [0.2, 0.25) is 0 Å². The first-order valence-electron chi connectivity index (χ1n) is 22.2. The third-order valence-electron chi connectivity index (χ3n) is 9.07. The molecule has 0 aromatic heterocycles. The standard InChI is InChI=1S/C45H77O14PS/c1-2-3-4-5-6-7-9-12-43-15-17-44(18-16-43)59-38-37-57-34-33-55-30-29-53-26-25-51-22-21-49-19-20-50-23-24-52-27-28-54-31-32-56-35-36-58-39-40-60(41-42-61(46,47)48)45-13-10-8-11-14-45/h8,10-11,13-18H,2-7,9,12,19-42H2,1H3,(H,46,47,48)/p-1. The van der Waals surface area contributed by atoms with Crippen LogP contribution in [0.25, 0.3) is 0 Å². The van der Waals surface area contributed by atoms with E-state index in [0.717, 1.165) is 17.5 Å². The summed E-state index contributed by atoms with van der Waals surface area (Å²) >= 11 is 0. The molecule has 16 heteroatoms. The van der Waals surface area contributed by atoms with Crippen molar-refractivity contribution in [1.29, 1.82) is 0 Å². The van der Waals surface area contributed by atoms with Crippen molar-refractivity contribution >= 4 is 23.3 Å². The number of aryl methyl sites for hydroxylation is 1. The minimum absolute atomic E-state index is 0.341. The van der Waals surface area contributed by atoms with E-state index in [2.05, 4.69) is 19.1 Å². The molecule has 0 aliphatic carbocycles. The van der Waals surface area contributed by atoms with Crippen molar-refractivity contribution in [2.75, 3.05) is 157 Å². The molecule has 14 nitrogen and oxygen atoms in total. The second-order valence-corrected chi connectivity index (χ2v) is 18.1. The van der Waals surface area contributed by atoms with Crippen molar-refractivity contribution in [2.24, 2.45) is 0 Å². The van der Waals surface area contributed by atoms with Gasteiger partial charge in [-0.05, 0) is 48.2 Å². The molecule has 0 amide bonds. The van der Waals surface area contributed by atoms with E-state index >= 15 is 0 Å². The van der Waals surface area contributed by atoms with E-state index in [0.29, 0.717) is 151 Å². The summed E-state index contributed by atoms with van der Waals surface area (Å²) in [5, 5.41) is 1.07. The van der Waals surface area contributed by atoms with E-state index in [1.807, 2.05) is 42.5 Å². The number of rotatable bonds is 46. The molecular formula is C45H76O14PS-. The normalized spacial score (nSPS) is 12.3. The highest BCUT2D eigenvalue weighted by molar-refractivity contribution is 7.86. The van der Waals surface area contributed by atoms with Crippen LogP contribution >= 0.6 is 7.92 Å². The summed E-state index contributed by atoms with van der Waals surface area (Å²) in [4.78, 5) is 0. The second-order valence-electron chi connectivity index (χ2n) is 14.1. The zero-order chi connectivity index (χ0) is 43.6. The molecule has 1 atom stereocenters. The molecule has 2 aromatic carbocycles. The Kier molecular flexibility index (Phi) is 37.1. The first kappa shape index (κ1) is 55.3. The maximum absolute atomic E-state index is 11.1. The summed E-state index contributed by atoms with van der Waals surface area (Å²) in [5.74, 6) is 0.523. The van der Waals surface area contributed by atoms with Gasteiger partial charge in [-0.3, -0.25) is 0 Å². The molecule has 2 rings (SSSR count). The highest BCUT2D eigenvalue weighted by atomic mass is 32.2. The molecule has 0 aliphatic rings. The molecule has 0 fully saturated rings. The van der Waals surface area contributed by atoms with Crippen molar-refractivity contribution < 1.29 is 65.1 Å². The van der Waals surface area contributed by atoms with Gasteiger partial charge in [-0.2, -0.15) is 0 Å². The maximum atomic E-state index is 11.1. The molecule has 0 N–H and O–H groups in total. The SMILES string of the molecule is CCCCCCCCCc1ccc(OCCOCCOCCOCCOCCOCCOCCOCCOCCOCCOCCP(CCS(=O)(=O)[O-])c2ccccc2)cc1. The lowest BCUT2D eigenvalue weighted by atomic mass is 10.0. The molecular weight excluding hydrogens is 828 g/mol. The topological polar surface area (TPSA) is 159 Å². The van der Waals surface area contributed by atoms with E-state index in [-0.39, 0.29) is 5.75 Å². The lowest BCUT2D eigenvalue weighted by molar-refractivity contribution is -0.0265. The fraction of sp³-hybridized carbons (Fsp3) is 0.733. The Bertz CT molecular complexity index is 1330. The van der Waals surface area contributed by atoms with Crippen LogP contribution in [-0.4, -0.2) is 170 Å². The number of benzene rings is 2. The van der Waals surface area contributed by atoms with Gasteiger partial charge in [0, 0.05) is 5.75 Å². The molecule has 0 bridgehead atoms. The first-order valence-corrected chi connectivity index (χ1v) is 25.5. The van der Waals surface area contributed by atoms with Crippen LogP contribution < -0.4 is 10.0 Å². The molecule has 0 radical (unpaired) electrons. The summed E-state index contributed by atoms with van der Waals surface area (Å²) in [6.45, 7) is 12.4. The molecule has 61 heavy (non-hydrogen) atoms. The van der Waals surface area contributed by atoms with Crippen molar-refractivity contribution in [1.82, 2.24) is 0 Å². The van der Waals surface area contributed by atoms with Gasteiger partial charge in [0.1, 0.15) is 12.4 Å². The summed E-state index contributed by atoms with van der Waals surface area (Å²) in [5.41, 5.74) is 1.37. The maximum Gasteiger partial charge on any atom is 0.119 e. The van der Waals surface area contributed by atoms with Gasteiger partial charge in [0.25, 0.3) is 0 Å². The van der Waals surface area contributed by atoms with Crippen LogP contribution in [0, 0.1) is 0 Å². The lowest BCUT2D eigenvalue weighted by Gasteiger charge is -2.19. The minimum atomic E-state index is -4.24. The Balaban J connectivity index is 1.21. The second kappa shape index (κ2) is 40.9. The van der Waals surface area contributed by atoms with Gasteiger partial charge in [-0.15, -0.1) is 0 Å². The average Bonchev–Trinajstić information content (AvgIpc) is 3.26. The monoisotopic (exact) mass is 903 g/mol. The third kappa shape index (κ3) is 36.2. The van der Waals surface area contributed by atoms with Gasteiger partial charge in [-0.25, -0.2) is 8.42 Å². The third-order valence-corrected chi connectivity index (χ3v) is 12.6. The number of hydrogen-bond acceptors (Lipinski definition) is 14. The molecule has 0 heterocycles. The van der Waals surface area contributed by atoms with E-state index in [9.17, 15) is 13.0 Å². The van der Waals surface area contributed by atoms with E-state index < -0.39 is 18.0 Å². The van der Waals surface area contributed by atoms with Crippen LogP contribution in [0.4, 0.5) is 0 Å². The Labute approximate surface area is 368 Å². The number of ether oxygens (including phenoxy) is 11. The largest absolute Gasteiger partial charge is 0.748 e. The molecule has 0 aliphatic heterocycles. The van der Waals surface area contributed by atoms with Gasteiger partial charge >= 0.3 is 0 Å². The van der Waals surface area contributed by atoms with E-state index in [4.69, 9.17) is 52.1 Å².